The molecule has 0 aliphatic carbocycles. The summed E-state index contributed by atoms with van der Waals surface area (Å²) < 4.78 is 2.23. The van der Waals surface area contributed by atoms with Crippen molar-refractivity contribution in [3.63, 3.8) is 0 Å². The molecule has 1 atom stereocenters. The molecule has 1 N–H and O–H groups in total. The fraction of sp³-hybridized carbons (Fsp3) is 0.250. The van der Waals surface area contributed by atoms with Crippen LogP contribution in [0.1, 0.15) is 12.5 Å². The van der Waals surface area contributed by atoms with Crippen LogP contribution in [0.3, 0.4) is 0 Å². The summed E-state index contributed by atoms with van der Waals surface area (Å²) in [6.07, 6.45) is 0.589. The van der Waals surface area contributed by atoms with Crippen molar-refractivity contribution in [3.8, 4) is 0 Å². The van der Waals surface area contributed by atoms with Crippen LogP contribution in [0.25, 0.3) is 10.1 Å². The zero-order valence-corrected chi connectivity index (χ0v) is 11.1. The van der Waals surface area contributed by atoms with E-state index in [2.05, 4.69) is 33.4 Å². The predicted molar refractivity (Wildman–Crippen MR) is 70.0 cm³/mol. The van der Waals surface area contributed by atoms with Gasteiger partial charge in [-0.05, 0) is 40.9 Å². The van der Waals surface area contributed by atoms with E-state index < -0.39 is 5.97 Å². The van der Waals surface area contributed by atoms with Gasteiger partial charge in [-0.15, -0.1) is 11.3 Å². The molecular weight excluding hydrogens is 288 g/mol. The standard InChI is InChI=1S/C12H11BrO2S/c1-7(12(14)15)4-8-6-16-11-3-2-9(13)5-10(8)11/h2-3,5-7H,4H2,1H3,(H,14,15). The summed E-state index contributed by atoms with van der Waals surface area (Å²) >= 11 is 5.10. The van der Waals surface area contributed by atoms with Gasteiger partial charge in [0.1, 0.15) is 0 Å². The van der Waals surface area contributed by atoms with Gasteiger partial charge < -0.3 is 5.11 Å². The Morgan fingerprint density at radius 1 is 1.56 bits per heavy atom. The highest BCUT2D eigenvalue weighted by Crippen LogP contribution is 2.30. The number of carbonyl (C=O) groups is 1. The quantitative estimate of drug-likeness (QED) is 0.932. The average molecular weight is 299 g/mol. The molecule has 0 radical (unpaired) electrons. The van der Waals surface area contributed by atoms with Crippen molar-refractivity contribution in [2.75, 3.05) is 0 Å². The third kappa shape index (κ3) is 2.28. The maximum atomic E-state index is 10.8. The molecule has 16 heavy (non-hydrogen) atoms. The van der Waals surface area contributed by atoms with E-state index in [1.165, 1.54) is 4.70 Å². The first-order valence-corrected chi connectivity index (χ1v) is 6.63. The minimum absolute atomic E-state index is 0.336. The normalized spacial score (nSPS) is 12.9. The molecule has 0 fully saturated rings. The number of carboxylic acids is 1. The summed E-state index contributed by atoms with van der Waals surface area (Å²) in [6.45, 7) is 1.74. The van der Waals surface area contributed by atoms with Gasteiger partial charge >= 0.3 is 5.97 Å². The summed E-state index contributed by atoms with van der Waals surface area (Å²) in [5, 5.41) is 12.1. The molecule has 4 heteroatoms. The fourth-order valence-electron chi connectivity index (χ4n) is 1.63. The molecule has 0 saturated carbocycles. The Labute approximate surface area is 106 Å². The number of aliphatic carboxylic acids is 1. The molecule has 2 rings (SSSR count). The summed E-state index contributed by atoms with van der Waals surface area (Å²) in [5.41, 5.74) is 1.12. The first kappa shape index (κ1) is 11.6. The molecule has 0 aliphatic rings. The highest BCUT2D eigenvalue weighted by Gasteiger charge is 2.14. The molecule has 2 aromatic rings. The van der Waals surface area contributed by atoms with Crippen molar-refractivity contribution in [2.24, 2.45) is 5.92 Å². The van der Waals surface area contributed by atoms with Gasteiger partial charge in [-0.25, -0.2) is 0 Å². The van der Waals surface area contributed by atoms with Gasteiger partial charge in [-0.1, -0.05) is 22.9 Å². The van der Waals surface area contributed by atoms with E-state index >= 15 is 0 Å². The molecule has 1 heterocycles. The number of fused-ring (bicyclic) bond motifs is 1. The van der Waals surface area contributed by atoms with Crippen LogP contribution in [-0.4, -0.2) is 11.1 Å². The van der Waals surface area contributed by atoms with Crippen molar-refractivity contribution < 1.29 is 9.90 Å². The molecule has 0 spiro atoms. The molecule has 0 bridgehead atoms. The van der Waals surface area contributed by atoms with Crippen molar-refractivity contribution in [2.45, 2.75) is 13.3 Å². The Morgan fingerprint density at radius 3 is 3.00 bits per heavy atom. The Morgan fingerprint density at radius 2 is 2.31 bits per heavy atom. The van der Waals surface area contributed by atoms with Crippen LogP contribution in [0.5, 0.6) is 0 Å². The average Bonchev–Trinajstić information content (AvgIpc) is 2.61. The first-order valence-electron chi connectivity index (χ1n) is 4.96. The van der Waals surface area contributed by atoms with Crippen LogP contribution in [0.15, 0.2) is 28.1 Å². The summed E-state index contributed by atoms with van der Waals surface area (Å²) in [7, 11) is 0. The third-order valence-corrected chi connectivity index (χ3v) is 4.07. The molecule has 1 unspecified atom stereocenters. The second-order valence-electron chi connectivity index (χ2n) is 3.84. The number of carboxylic acid groups (broad SMARTS) is 1. The molecule has 84 valence electrons. The lowest BCUT2D eigenvalue weighted by atomic mass is 10.0. The molecule has 0 aliphatic heterocycles. The van der Waals surface area contributed by atoms with Crippen LogP contribution in [-0.2, 0) is 11.2 Å². The second-order valence-corrected chi connectivity index (χ2v) is 5.67. The van der Waals surface area contributed by atoms with E-state index in [-0.39, 0.29) is 5.92 Å². The monoisotopic (exact) mass is 298 g/mol. The minimum Gasteiger partial charge on any atom is -0.481 e. The fourth-order valence-corrected chi connectivity index (χ4v) is 2.95. The number of hydrogen-bond acceptors (Lipinski definition) is 2. The van der Waals surface area contributed by atoms with Crippen LogP contribution >= 0.6 is 27.3 Å². The number of hydrogen-bond donors (Lipinski definition) is 1. The van der Waals surface area contributed by atoms with Gasteiger partial charge in [0.15, 0.2) is 0 Å². The number of thiophene rings is 1. The minimum atomic E-state index is -0.741. The van der Waals surface area contributed by atoms with Crippen molar-refractivity contribution in [1.82, 2.24) is 0 Å². The van der Waals surface area contributed by atoms with E-state index in [1.807, 2.05) is 6.07 Å². The van der Waals surface area contributed by atoms with Crippen molar-refractivity contribution >= 4 is 43.3 Å². The number of halogens is 1. The van der Waals surface area contributed by atoms with Crippen molar-refractivity contribution in [1.29, 1.82) is 0 Å². The van der Waals surface area contributed by atoms with Crippen LogP contribution in [0, 0.1) is 5.92 Å². The third-order valence-electron chi connectivity index (χ3n) is 2.56. The Hall–Kier alpha value is -0.870. The highest BCUT2D eigenvalue weighted by molar-refractivity contribution is 9.10. The summed E-state index contributed by atoms with van der Waals surface area (Å²) in [5.74, 6) is -1.08. The lowest BCUT2D eigenvalue weighted by Gasteiger charge is -2.04. The largest absolute Gasteiger partial charge is 0.481 e. The number of benzene rings is 1. The highest BCUT2D eigenvalue weighted by atomic mass is 79.9. The molecular formula is C12H11BrO2S. The summed E-state index contributed by atoms with van der Waals surface area (Å²) in [4.78, 5) is 10.8. The maximum absolute atomic E-state index is 10.8. The molecule has 0 amide bonds. The SMILES string of the molecule is CC(Cc1csc2ccc(Br)cc12)C(=O)O. The van der Waals surface area contributed by atoms with Gasteiger partial charge in [0.05, 0.1) is 5.92 Å². The van der Waals surface area contributed by atoms with E-state index in [1.54, 1.807) is 18.3 Å². The Kier molecular flexibility index (Phi) is 3.30. The Bertz CT molecular complexity index is 533. The van der Waals surface area contributed by atoms with Crippen LogP contribution in [0.4, 0.5) is 0 Å². The lowest BCUT2D eigenvalue weighted by Crippen LogP contribution is -2.11. The molecule has 1 aromatic carbocycles. The first-order chi connectivity index (χ1) is 7.58. The van der Waals surface area contributed by atoms with Gasteiger partial charge in [0, 0.05) is 9.17 Å². The summed E-state index contributed by atoms with van der Waals surface area (Å²) in [6, 6.07) is 6.11. The second kappa shape index (κ2) is 4.55. The van der Waals surface area contributed by atoms with Gasteiger partial charge in [-0.2, -0.15) is 0 Å². The topological polar surface area (TPSA) is 37.3 Å². The van der Waals surface area contributed by atoms with Gasteiger partial charge in [0.25, 0.3) is 0 Å². The maximum Gasteiger partial charge on any atom is 0.306 e. The van der Waals surface area contributed by atoms with Crippen LogP contribution < -0.4 is 0 Å². The smallest absolute Gasteiger partial charge is 0.306 e. The molecule has 1 aromatic heterocycles. The number of rotatable bonds is 3. The van der Waals surface area contributed by atoms with Gasteiger partial charge in [0.2, 0.25) is 0 Å². The van der Waals surface area contributed by atoms with E-state index in [9.17, 15) is 4.79 Å². The van der Waals surface area contributed by atoms with Crippen LogP contribution in [0.2, 0.25) is 0 Å². The lowest BCUT2D eigenvalue weighted by molar-refractivity contribution is -0.141. The molecule has 2 nitrogen and oxygen atoms in total. The van der Waals surface area contributed by atoms with E-state index in [0.717, 1.165) is 15.4 Å². The zero-order chi connectivity index (χ0) is 11.7. The molecule has 0 saturated heterocycles. The predicted octanol–water partition coefficient (Wildman–Crippen LogP) is 3.93. The van der Waals surface area contributed by atoms with Gasteiger partial charge in [-0.3, -0.25) is 4.79 Å². The Balaban J connectivity index is 2.37. The van der Waals surface area contributed by atoms with Crippen molar-refractivity contribution in [3.05, 3.63) is 33.6 Å². The van der Waals surface area contributed by atoms with E-state index in [0.29, 0.717) is 6.42 Å². The van der Waals surface area contributed by atoms with E-state index in [4.69, 9.17) is 5.11 Å². The zero-order valence-electron chi connectivity index (χ0n) is 8.74.